The molecule has 1 amide bonds. The first-order valence-electron chi connectivity index (χ1n) is 11.6. The number of hydrogen-bond donors (Lipinski definition) is 3. The minimum atomic E-state index is -0.487. The van der Waals surface area contributed by atoms with Crippen LogP contribution in [-0.4, -0.2) is 72.4 Å². The molecular formula is C25H30N6O2. The Hall–Kier alpha value is -3.39. The van der Waals surface area contributed by atoms with E-state index in [2.05, 4.69) is 27.2 Å². The SMILES string of the molecule is N=C(CCN1CCC2(CC1)C(=O)NCN2c1ccccc1)N1CCOc2ccccc2C1=N. The summed E-state index contributed by atoms with van der Waals surface area (Å²) in [5.74, 6) is 1.59. The van der Waals surface area contributed by atoms with Crippen LogP contribution in [0.2, 0.25) is 0 Å². The van der Waals surface area contributed by atoms with Crippen LogP contribution in [-0.2, 0) is 4.79 Å². The largest absolute Gasteiger partial charge is 0.491 e. The number of fused-ring (bicyclic) bond motifs is 1. The van der Waals surface area contributed by atoms with E-state index in [1.165, 1.54) is 0 Å². The summed E-state index contributed by atoms with van der Waals surface area (Å²) in [5, 5.41) is 20.3. The lowest BCUT2D eigenvalue weighted by atomic mass is 9.85. The molecule has 33 heavy (non-hydrogen) atoms. The van der Waals surface area contributed by atoms with Gasteiger partial charge < -0.3 is 24.8 Å². The lowest BCUT2D eigenvalue weighted by molar-refractivity contribution is -0.125. The Kier molecular flexibility index (Phi) is 5.76. The summed E-state index contributed by atoms with van der Waals surface area (Å²) in [5.41, 5.74) is 1.32. The highest BCUT2D eigenvalue weighted by Gasteiger charge is 2.50. The molecule has 1 spiro atoms. The van der Waals surface area contributed by atoms with E-state index in [0.29, 0.717) is 43.7 Å². The molecule has 0 aromatic heterocycles. The highest BCUT2D eigenvalue weighted by atomic mass is 16.5. The highest BCUT2D eigenvalue weighted by Crippen LogP contribution is 2.36. The smallest absolute Gasteiger partial charge is 0.247 e. The van der Waals surface area contributed by atoms with Crippen LogP contribution in [0.25, 0.3) is 0 Å². The number of piperidine rings is 1. The van der Waals surface area contributed by atoms with E-state index in [-0.39, 0.29) is 5.91 Å². The zero-order valence-electron chi connectivity index (χ0n) is 18.7. The van der Waals surface area contributed by atoms with Crippen LogP contribution < -0.4 is 15.0 Å². The van der Waals surface area contributed by atoms with Gasteiger partial charge in [0.15, 0.2) is 0 Å². The van der Waals surface area contributed by atoms with Crippen molar-refractivity contribution in [2.45, 2.75) is 24.8 Å². The Morgan fingerprint density at radius 3 is 2.55 bits per heavy atom. The van der Waals surface area contributed by atoms with Gasteiger partial charge in [0.1, 0.15) is 29.6 Å². The van der Waals surface area contributed by atoms with Gasteiger partial charge in [0.2, 0.25) is 5.91 Å². The number of anilines is 1. The van der Waals surface area contributed by atoms with Gasteiger partial charge in [0.05, 0.1) is 18.8 Å². The number of hydrogen-bond acceptors (Lipinski definition) is 6. The first-order valence-corrected chi connectivity index (χ1v) is 11.6. The maximum Gasteiger partial charge on any atom is 0.247 e. The van der Waals surface area contributed by atoms with Crippen LogP contribution >= 0.6 is 0 Å². The molecule has 0 atom stereocenters. The second kappa shape index (κ2) is 8.86. The van der Waals surface area contributed by atoms with E-state index in [1.54, 1.807) is 4.90 Å². The molecule has 2 aromatic rings. The maximum atomic E-state index is 12.8. The molecule has 0 radical (unpaired) electrons. The normalized spacial score (nSPS) is 20.2. The van der Waals surface area contributed by atoms with Crippen molar-refractivity contribution in [2.24, 2.45) is 0 Å². The summed E-state index contributed by atoms with van der Waals surface area (Å²) in [6, 6.07) is 17.7. The first-order chi connectivity index (χ1) is 16.1. The summed E-state index contributed by atoms with van der Waals surface area (Å²) < 4.78 is 5.77. The van der Waals surface area contributed by atoms with Gasteiger partial charge in [-0.25, -0.2) is 0 Å². The van der Waals surface area contributed by atoms with E-state index in [0.717, 1.165) is 43.7 Å². The Morgan fingerprint density at radius 1 is 1.03 bits per heavy atom. The topological polar surface area (TPSA) is 95.8 Å². The summed E-state index contributed by atoms with van der Waals surface area (Å²) in [7, 11) is 0. The number of benzene rings is 2. The summed E-state index contributed by atoms with van der Waals surface area (Å²) in [6.07, 6.45) is 2.09. The molecule has 0 aliphatic carbocycles. The number of rotatable bonds is 4. The maximum absolute atomic E-state index is 12.8. The zero-order chi connectivity index (χ0) is 22.8. The fourth-order valence-electron chi connectivity index (χ4n) is 5.14. The van der Waals surface area contributed by atoms with Gasteiger partial charge in [-0.05, 0) is 37.1 Å². The predicted molar refractivity (Wildman–Crippen MR) is 128 cm³/mol. The van der Waals surface area contributed by atoms with Crippen molar-refractivity contribution < 1.29 is 9.53 Å². The van der Waals surface area contributed by atoms with Crippen molar-refractivity contribution in [3.63, 3.8) is 0 Å². The summed E-state index contributed by atoms with van der Waals surface area (Å²) in [6.45, 7) is 3.88. The average Bonchev–Trinajstić information content (AvgIpc) is 3.06. The number of carbonyl (C=O) groups excluding carboxylic acids is 1. The summed E-state index contributed by atoms with van der Waals surface area (Å²) in [4.78, 5) is 19.1. The zero-order valence-corrected chi connectivity index (χ0v) is 18.7. The van der Waals surface area contributed by atoms with E-state index in [4.69, 9.17) is 15.6 Å². The standard InChI is InChI=1S/C25H30N6O2/c26-22(30-16-17-33-21-9-5-4-8-20(21)23(30)27)10-13-29-14-11-25(12-15-29)24(32)28-18-31(25)19-6-2-1-3-7-19/h1-9,26-27H,10-18H2,(H,28,32). The highest BCUT2D eigenvalue weighted by molar-refractivity contribution is 6.08. The number of nitrogens with zero attached hydrogens (tertiary/aromatic N) is 3. The third-order valence-corrected chi connectivity index (χ3v) is 7.06. The van der Waals surface area contributed by atoms with Gasteiger partial charge in [0.25, 0.3) is 0 Å². The molecule has 5 rings (SSSR count). The Morgan fingerprint density at radius 2 is 1.76 bits per heavy atom. The lowest BCUT2D eigenvalue weighted by Gasteiger charge is -2.43. The second-order valence-electron chi connectivity index (χ2n) is 8.84. The average molecular weight is 447 g/mol. The Labute approximate surface area is 194 Å². The molecule has 3 aliphatic heterocycles. The number of amides is 1. The molecular weight excluding hydrogens is 416 g/mol. The van der Waals surface area contributed by atoms with E-state index in [1.807, 2.05) is 42.5 Å². The van der Waals surface area contributed by atoms with Gasteiger partial charge in [-0.3, -0.25) is 15.6 Å². The number of amidine groups is 2. The first kappa shape index (κ1) is 21.5. The van der Waals surface area contributed by atoms with Crippen molar-refractivity contribution in [3.8, 4) is 5.75 Å². The molecule has 0 unspecified atom stereocenters. The van der Waals surface area contributed by atoms with Crippen molar-refractivity contribution in [1.82, 2.24) is 15.1 Å². The molecule has 2 saturated heterocycles. The van der Waals surface area contributed by atoms with Crippen molar-refractivity contribution in [1.29, 1.82) is 10.8 Å². The molecule has 0 saturated carbocycles. The van der Waals surface area contributed by atoms with Crippen molar-refractivity contribution in [2.75, 3.05) is 44.4 Å². The quantitative estimate of drug-likeness (QED) is 0.495. The van der Waals surface area contributed by atoms with Crippen LogP contribution in [0.4, 0.5) is 5.69 Å². The van der Waals surface area contributed by atoms with E-state index < -0.39 is 5.54 Å². The monoisotopic (exact) mass is 446 g/mol. The second-order valence-corrected chi connectivity index (χ2v) is 8.84. The Balaban J connectivity index is 1.19. The molecule has 3 heterocycles. The van der Waals surface area contributed by atoms with Gasteiger partial charge in [0, 0.05) is 31.7 Å². The number of likely N-dealkylation sites (tertiary alicyclic amines) is 1. The van der Waals surface area contributed by atoms with Crippen LogP contribution in [0.15, 0.2) is 54.6 Å². The summed E-state index contributed by atoms with van der Waals surface area (Å²) >= 11 is 0. The third-order valence-electron chi connectivity index (χ3n) is 7.06. The number of carbonyl (C=O) groups is 1. The van der Waals surface area contributed by atoms with Crippen LogP contribution in [0, 0.1) is 10.8 Å². The molecule has 2 aromatic carbocycles. The van der Waals surface area contributed by atoms with Crippen LogP contribution in [0.3, 0.4) is 0 Å². The van der Waals surface area contributed by atoms with E-state index in [9.17, 15) is 4.79 Å². The van der Waals surface area contributed by atoms with Gasteiger partial charge in [-0.15, -0.1) is 0 Å². The fourth-order valence-corrected chi connectivity index (χ4v) is 5.14. The lowest BCUT2D eigenvalue weighted by Crippen LogP contribution is -2.56. The number of ether oxygens (including phenoxy) is 1. The predicted octanol–water partition coefficient (Wildman–Crippen LogP) is 2.50. The van der Waals surface area contributed by atoms with Crippen molar-refractivity contribution >= 4 is 23.3 Å². The molecule has 3 aliphatic rings. The molecule has 2 fully saturated rings. The minimum Gasteiger partial charge on any atom is -0.491 e. The van der Waals surface area contributed by atoms with Gasteiger partial charge in [-0.2, -0.15) is 0 Å². The number of nitrogens with one attached hydrogen (secondary N) is 3. The molecule has 0 bridgehead atoms. The molecule has 8 heteroatoms. The van der Waals surface area contributed by atoms with Gasteiger partial charge in [-0.1, -0.05) is 30.3 Å². The molecule has 172 valence electrons. The third kappa shape index (κ3) is 3.95. The van der Waals surface area contributed by atoms with Gasteiger partial charge >= 0.3 is 0 Å². The molecule has 3 N–H and O–H groups in total. The van der Waals surface area contributed by atoms with Crippen LogP contribution in [0.1, 0.15) is 24.8 Å². The van der Waals surface area contributed by atoms with Crippen molar-refractivity contribution in [3.05, 3.63) is 60.2 Å². The number of para-hydroxylation sites is 2. The minimum absolute atomic E-state index is 0.121. The van der Waals surface area contributed by atoms with Crippen LogP contribution in [0.5, 0.6) is 5.75 Å². The molecule has 8 nitrogen and oxygen atoms in total. The van der Waals surface area contributed by atoms with E-state index >= 15 is 0 Å². The fraction of sp³-hybridized carbons (Fsp3) is 0.400. The Bertz CT molecular complexity index is 1050.